The number of allylic oxidation sites excluding steroid dienone is 3. The van der Waals surface area contributed by atoms with Crippen molar-refractivity contribution in [2.75, 3.05) is 13.1 Å². The highest BCUT2D eigenvalue weighted by Gasteiger charge is 2.35. The Morgan fingerprint density at radius 3 is 2.86 bits per heavy atom. The van der Waals surface area contributed by atoms with Crippen molar-refractivity contribution in [3.63, 3.8) is 0 Å². The molecule has 0 aromatic heterocycles. The monoisotopic (exact) mass is 313 g/mol. The van der Waals surface area contributed by atoms with Gasteiger partial charge >= 0.3 is 0 Å². The molecule has 1 saturated carbocycles. The van der Waals surface area contributed by atoms with Crippen LogP contribution in [0.25, 0.3) is 0 Å². The van der Waals surface area contributed by atoms with Crippen LogP contribution in [0, 0.1) is 5.92 Å². The molecule has 1 saturated heterocycles. The number of aliphatic hydroxyl groups is 1. The van der Waals surface area contributed by atoms with E-state index in [9.17, 15) is 13.5 Å². The third kappa shape index (κ3) is 3.33. The fraction of sp³-hybridized carbons (Fsp3) is 0.733. The summed E-state index contributed by atoms with van der Waals surface area (Å²) in [6.45, 7) is 2.09. The average Bonchev–Trinajstić information content (AvgIpc) is 2.87. The normalized spacial score (nSPS) is 33.4. The minimum atomic E-state index is -4.02. The third-order valence-electron chi connectivity index (χ3n) is 5.02. The summed E-state index contributed by atoms with van der Waals surface area (Å²) in [6.07, 6.45) is 8.20. The third-order valence-corrected chi connectivity index (χ3v) is 6.29. The number of hydrogen-bond donors (Lipinski definition) is 2. The van der Waals surface area contributed by atoms with E-state index in [-0.39, 0.29) is 12.3 Å². The molecule has 21 heavy (non-hydrogen) atoms. The Hall–Kier alpha value is -0.850. The predicted molar refractivity (Wildman–Crippen MR) is 80.3 cm³/mol. The summed E-state index contributed by atoms with van der Waals surface area (Å²) >= 11 is 0. The molecular formula is C15H23NO4S. The molecule has 0 aromatic rings. The molecule has 5 nitrogen and oxygen atoms in total. The second-order valence-corrected chi connectivity index (χ2v) is 8.14. The highest BCUT2D eigenvalue weighted by Crippen LogP contribution is 2.35. The first kappa shape index (κ1) is 15.1. The SMILES string of the molecule is O=S(=O)(O)C1CC[C@@H](CC2=CCN3CCCC3=C2)[C@@H](O)C1. The Morgan fingerprint density at radius 1 is 1.33 bits per heavy atom. The van der Waals surface area contributed by atoms with Crippen LogP contribution in [0.1, 0.15) is 38.5 Å². The van der Waals surface area contributed by atoms with E-state index in [1.165, 1.54) is 17.7 Å². The highest BCUT2D eigenvalue weighted by molar-refractivity contribution is 7.86. The van der Waals surface area contributed by atoms with E-state index in [2.05, 4.69) is 17.1 Å². The summed E-state index contributed by atoms with van der Waals surface area (Å²) in [5.74, 6) is 0.0963. The summed E-state index contributed by atoms with van der Waals surface area (Å²) in [5.41, 5.74) is 2.66. The first-order valence-electron chi connectivity index (χ1n) is 7.72. The van der Waals surface area contributed by atoms with Gasteiger partial charge in [-0.1, -0.05) is 6.08 Å². The van der Waals surface area contributed by atoms with Crippen molar-refractivity contribution in [3.05, 3.63) is 23.4 Å². The molecule has 2 N–H and O–H groups in total. The minimum Gasteiger partial charge on any atom is -0.393 e. The van der Waals surface area contributed by atoms with Gasteiger partial charge in [-0.25, -0.2) is 0 Å². The van der Waals surface area contributed by atoms with Crippen molar-refractivity contribution in [3.8, 4) is 0 Å². The van der Waals surface area contributed by atoms with Gasteiger partial charge in [0.1, 0.15) is 0 Å². The maximum absolute atomic E-state index is 11.2. The van der Waals surface area contributed by atoms with Crippen molar-refractivity contribution < 1.29 is 18.1 Å². The van der Waals surface area contributed by atoms with Gasteiger partial charge in [-0.15, -0.1) is 0 Å². The van der Waals surface area contributed by atoms with Crippen molar-refractivity contribution in [2.45, 2.75) is 49.9 Å². The lowest BCUT2D eigenvalue weighted by molar-refractivity contribution is 0.0705. The zero-order valence-corrected chi connectivity index (χ0v) is 12.9. The molecule has 1 unspecified atom stereocenters. The summed E-state index contributed by atoms with van der Waals surface area (Å²) in [7, 11) is -4.02. The van der Waals surface area contributed by atoms with E-state index in [1.807, 2.05) is 0 Å². The zero-order chi connectivity index (χ0) is 15.0. The van der Waals surface area contributed by atoms with Gasteiger partial charge in [-0.3, -0.25) is 4.55 Å². The largest absolute Gasteiger partial charge is 0.393 e. The van der Waals surface area contributed by atoms with Crippen LogP contribution in [0.3, 0.4) is 0 Å². The topological polar surface area (TPSA) is 77.8 Å². The van der Waals surface area contributed by atoms with Crippen molar-refractivity contribution in [1.29, 1.82) is 0 Å². The number of nitrogens with zero attached hydrogens (tertiary/aromatic N) is 1. The van der Waals surface area contributed by atoms with Crippen LogP contribution in [0.5, 0.6) is 0 Å². The molecule has 118 valence electrons. The first-order chi connectivity index (χ1) is 9.93. The lowest BCUT2D eigenvalue weighted by Gasteiger charge is -2.33. The zero-order valence-electron chi connectivity index (χ0n) is 12.1. The van der Waals surface area contributed by atoms with Crippen LogP contribution in [-0.4, -0.2) is 47.4 Å². The van der Waals surface area contributed by atoms with Gasteiger partial charge in [0.2, 0.25) is 0 Å². The van der Waals surface area contributed by atoms with Gasteiger partial charge < -0.3 is 10.0 Å². The molecule has 0 radical (unpaired) electrons. The van der Waals surface area contributed by atoms with Crippen LogP contribution in [0.4, 0.5) is 0 Å². The maximum atomic E-state index is 11.2. The quantitative estimate of drug-likeness (QED) is 0.776. The Morgan fingerprint density at radius 2 is 2.14 bits per heavy atom. The van der Waals surface area contributed by atoms with Crippen LogP contribution < -0.4 is 0 Å². The summed E-state index contributed by atoms with van der Waals surface area (Å²) in [5, 5.41) is 9.39. The molecule has 6 heteroatoms. The fourth-order valence-electron chi connectivity index (χ4n) is 3.75. The smallest absolute Gasteiger partial charge is 0.267 e. The van der Waals surface area contributed by atoms with Crippen molar-refractivity contribution >= 4 is 10.1 Å². The summed E-state index contributed by atoms with van der Waals surface area (Å²) in [4.78, 5) is 2.38. The van der Waals surface area contributed by atoms with Gasteiger partial charge in [0, 0.05) is 18.8 Å². The Labute approximate surface area is 126 Å². The van der Waals surface area contributed by atoms with Crippen LogP contribution in [0.2, 0.25) is 0 Å². The predicted octanol–water partition coefficient (Wildman–Crippen LogP) is 1.71. The summed E-state index contributed by atoms with van der Waals surface area (Å²) < 4.78 is 31.4. The van der Waals surface area contributed by atoms with Gasteiger partial charge in [0.25, 0.3) is 10.1 Å². The molecule has 2 fully saturated rings. The molecule has 3 atom stereocenters. The van der Waals surface area contributed by atoms with E-state index in [0.717, 1.165) is 25.9 Å². The standard InChI is InChI=1S/C15H23NO4S/c17-15-10-14(21(18,19)20)4-3-12(15)8-11-5-7-16-6-1-2-13(16)9-11/h5,9,12,14-15,17H,1-4,6-8,10H2,(H,18,19,20)/t12-,14?,15-/m0/s1. The Balaban J connectivity index is 1.61. The Bertz CT molecular complexity index is 566. The number of hydrogen-bond acceptors (Lipinski definition) is 4. The van der Waals surface area contributed by atoms with Crippen molar-refractivity contribution in [1.82, 2.24) is 4.90 Å². The molecule has 0 aromatic carbocycles. The second-order valence-electron chi connectivity index (χ2n) is 6.45. The molecule has 0 amide bonds. The molecule has 3 rings (SSSR count). The second kappa shape index (κ2) is 5.74. The highest BCUT2D eigenvalue weighted by atomic mass is 32.2. The fourth-order valence-corrected chi connectivity index (χ4v) is 4.63. The van der Waals surface area contributed by atoms with E-state index in [1.54, 1.807) is 0 Å². The van der Waals surface area contributed by atoms with E-state index < -0.39 is 21.5 Å². The Kier molecular flexibility index (Phi) is 4.12. The molecule has 3 aliphatic rings. The molecule has 2 aliphatic heterocycles. The number of fused-ring (bicyclic) bond motifs is 1. The van der Waals surface area contributed by atoms with Crippen LogP contribution >= 0.6 is 0 Å². The van der Waals surface area contributed by atoms with Gasteiger partial charge in [-0.05, 0) is 56.1 Å². The maximum Gasteiger partial charge on any atom is 0.267 e. The van der Waals surface area contributed by atoms with Gasteiger partial charge in [0.15, 0.2) is 0 Å². The van der Waals surface area contributed by atoms with E-state index in [4.69, 9.17) is 4.55 Å². The minimum absolute atomic E-state index is 0.0963. The molecule has 0 bridgehead atoms. The lowest BCUT2D eigenvalue weighted by Crippen LogP contribution is -2.36. The van der Waals surface area contributed by atoms with Crippen LogP contribution in [-0.2, 0) is 10.1 Å². The molecule has 1 aliphatic carbocycles. The molecule has 0 spiro atoms. The van der Waals surface area contributed by atoms with E-state index in [0.29, 0.717) is 12.8 Å². The van der Waals surface area contributed by atoms with Gasteiger partial charge in [-0.2, -0.15) is 8.42 Å². The number of rotatable bonds is 3. The summed E-state index contributed by atoms with van der Waals surface area (Å²) in [6, 6.07) is 0. The first-order valence-corrected chi connectivity index (χ1v) is 9.23. The van der Waals surface area contributed by atoms with Gasteiger partial charge in [0.05, 0.1) is 11.4 Å². The van der Waals surface area contributed by atoms with E-state index >= 15 is 0 Å². The van der Waals surface area contributed by atoms with Crippen LogP contribution in [0.15, 0.2) is 23.4 Å². The molecule has 2 heterocycles. The number of aliphatic hydroxyl groups excluding tert-OH is 1. The average molecular weight is 313 g/mol. The molecular weight excluding hydrogens is 290 g/mol. The van der Waals surface area contributed by atoms with Crippen molar-refractivity contribution in [2.24, 2.45) is 5.92 Å². The lowest BCUT2D eigenvalue weighted by atomic mass is 9.81.